The fourth-order valence-electron chi connectivity index (χ4n) is 2.48. The number of aliphatic hydroxyl groups excluding tert-OH is 1. The van der Waals surface area contributed by atoms with Crippen molar-refractivity contribution < 1.29 is 9.84 Å². The summed E-state index contributed by atoms with van der Waals surface area (Å²) in [6.07, 6.45) is 2.94. The van der Waals surface area contributed by atoms with E-state index in [1.54, 1.807) is 23.7 Å². The Morgan fingerprint density at radius 3 is 2.83 bits per heavy atom. The summed E-state index contributed by atoms with van der Waals surface area (Å²) in [6.45, 7) is 3.65. The van der Waals surface area contributed by atoms with E-state index in [9.17, 15) is 5.11 Å². The van der Waals surface area contributed by atoms with Gasteiger partial charge in [0.25, 0.3) is 5.88 Å². The van der Waals surface area contributed by atoms with Crippen LogP contribution >= 0.6 is 11.6 Å². The maximum absolute atomic E-state index is 9.63. The van der Waals surface area contributed by atoms with Gasteiger partial charge in [-0.25, -0.2) is 19.6 Å². The topological polar surface area (TPSA) is 112 Å². The molecule has 3 aromatic rings. The zero-order valence-electron chi connectivity index (χ0n) is 13.2. The number of fused-ring (bicyclic) bond motifs is 1. The Labute approximate surface area is 143 Å². The summed E-state index contributed by atoms with van der Waals surface area (Å²) in [5, 5.41) is 15.1. The molecule has 0 saturated heterocycles. The molecule has 0 aromatic carbocycles. The lowest BCUT2D eigenvalue weighted by atomic mass is 10.1. The molecule has 9 heteroatoms. The van der Waals surface area contributed by atoms with E-state index in [1.165, 1.54) is 12.5 Å². The number of nitrogens with zero attached hydrogens (tertiary/aromatic N) is 5. The molecule has 3 aromatic heterocycles. The zero-order chi connectivity index (χ0) is 17.3. The van der Waals surface area contributed by atoms with E-state index in [4.69, 9.17) is 22.1 Å². The maximum atomic E-state index is 9.63. The van der Waals surface area contributed by atoms with Crippen molar-refractivity contribution in [2.24, 2.45) is 0 Å². The van der Waals surface area contributed by atoms with Crippen molar-refractivity contribution in [1.29, 1.82) is 0 Å². The van der Waals surface area contributed by atoms with Gasteiger partial charge < -0.3 is 15.6 Å². The van der Waals surface area contributed by atoms with Crippen LogP contribution in [0.5, 0.6) is 11.8 Å². The monoisotopic (exact) mass is 348 g/mol. The molecule has 0 aliphatic rings. The van der Waals surface area contributed by atoms with Gasteiger partial charge in [-0.2, -0.15) is 0 Å². The standard InChI is InChI=1S/C15H17ClN6O2/c1-8(5-9(2)23)22-14-12(13(17)19-7-20-14)15(21-22)24-11-6-10(16)3-4-18-11/h3-4,6-9,23H,5H2,1-2H3,(H2,17,19,20)/t8-,9+/m1/s1. The summed E-state index contributed by atoms with van der Waals surface area (Å²) in [5.41, 5.74) is 6.51. The van der Waals surface area contributed by atoms with Crippen molar-refractivity contribution in [3.8, 4) is 11.8 Å². The Balaban J connectivity index is 2.07. The molecular formula is C15H17ClN6O2. The number of nitrogen functional groups attached to an aromatic ring is 1. The molecule has 0 spiro atoms. The van der Waals surface area contributed by atoms with Crippen molar-refractivity contribution in [2.75, 3.05) is 5.73 Å². The number of aromatic nitrogens is 5. The molecule has 0 aliphatic heterocycles. The average Bonchev–Trinajstić information content (AvgIpc) is 2.87. The van der Waals surface area contributed by atoms with Gasteiger partial charge in [-0.05, 0) is 26.3 Å². The molecule has 0 saturated carbocycles. The molecule has 0 radical (unpaired) electrons. The highest BCUT2D eigenvalue weighted by atomic mass is 35.5. The normalized spacial score (nSPS) is 13.8. The highest BCUT2D eigenvalue weighted by Gasteiger charge is 2.21. The number of pyridine rings is 1. The number of hydrogen-bond donors (Lipinski definition) is 2. The van der Waals surface area contributed by atoms with E-state index >= 15 is 0 Å². The number of anilines is 1. The van der Waals surface area contributed by atoms with Gasteiger partial charge in [0.15, 0.2) is 5.65 Å². The third-order valence-corrected chi connectivity index (χ3v) is 3.72. The van der Waals surface area contributed by atoms with E-state index in [-0.39, 0.29) is 17.7 Å². The lowest BCUT2D eigenvalue weighted by molar-refractivity contribution is 0.163. The van der Waals surface area contributed by atoms with Crippen LogP contribution in [0.1, 0.15) is 26.3 Å². The van der Waals surface area contributed by atoms with Gasteiger partial charge in [0.2, 0.25) is 5.88 Å². The molecule has 8 nitrogen and oxygen atoms in total. The Morgan fingerprint density at radius 1 is 1.33 bits per heavy atom. The van der Waals surface area contributed by atoms with E-state index in [1.807, 2.05) is 6.92 Å². The van der Waals surface area contributed by atoms with Crippen LogP contribution in [0, 0.1) is 0 Å². The summed E-state index contributed by atoms with van der Waals surface area (Å²) in [7, 11) is 0. The molecule has 0 aliphatic carbocycles. The predicted octanol–water partition coefficient (Wildman–Crippen LogP) is 2.58. The lowest BCUT2D eigenvalue weighted by Crippen LogP contribution is -2.14. The van der Waals surface area contributed by atoms with Gasteiger partial charge >= 0.3 is 0 Å². The Kier molecular flexibility index (Phi) is 4.50. The summed E-state index contributed by atoms with van der Waals surface area (Å²) >= 11 is 5.95. The Bertz CT molecular complexity index is 866. The van der Waals surface area contributed by atoms with E-state index in [2.05, 4.69) is 20.1 Å². The van der Waals surface area contributed by atoms with Gasteiger partial charge in [0, 0.05) is 17.3 Å². The van der Waals surface area contributed by atoms with Gasteiger partial charge in [-0.3, -0.25) is 0 Å². The molecule has 0 fully saturated rings. The van der Waals surface area contributed by atoms with Crippen LogP contribution in [-0.2, 0) is 0 Å². The second-order valence-corrected chi connectivity index (χ2v) is 5.99. The molecule has 0 amide bonds. The molecule has 0 bridgehead atoms. The molecule has 2 atom stereocenters. The second kappa shape index (κ2) is 6.58. The van der Waals surface area contributed by atoms with Crippen LogP contribution in [-0.4, -0.2) is 35.9 Å². The summed E-state index contributed by atoms with van der Waals surface area (Å²) in [6, 6.07) is 3.12. The van der Waals surface area contributed by atoms with E-state index in [0.29, 0.717) is 28.4 Å². The van der Waals surface area contributed by atoms with Gasteiger partial charge in [0.1, 0.15) is 17.5 Å². The average molecular weight is 349 g/mol. The minimum atomic E-state index is -0.475. The molecule has 0 unspecified atom stereocenters. The van der Waals surface area contributed by atoms with E-state index in [0.717, 1.165) is 0 Å². The smallest absolute Gasteiger partial charge is 0.253 e. The quantitative estimate of drug-likeness (QED) is 0.728. The number of hydrogen-bond acceptors (Lipinski definition) is 7. The number of nitrogens with two attached hydrogens (primary N) is 1. The molecule has 3 N–H and O–H groups in total. The third-order valence-electron chi connectivity index (χ3n) is 3.48. The number of halogens is 1. The van der Waals surface area contributed by atoms with Crippen LogP contribution in [0.3, 0.4) is 0 Å². The van der Waals surface area contributed by atoms with Crippen LogP contribution in [0.15, 0.2) is 24.7 Å². The molecule has 3 heterocycles. The molecular weight excluding hydrogens is 332 g/mol. The lowest BCUT2D eigenvalue weighted by Gasteiger charge is -2.14. The Morgan fingerprint density at radius 2 is 2.12 bits per heavy atom. The minimum absolute atomic E-state index is 0.105. The summed E-state index contributed by atoms with van der Waals surface area (Å²) < 4.78 is 7.41. The fourth-order valence-corrected chi connectivity index (χ4v) is 2.63. The highest BCUT2D eigenvalue weighted by Crippen LogP contribution is 2.33. The van der Waals surface area contributed by atoms with Crippen LogP contribution in [0.4, 0.5) is 5.82 Å². The summed E-state index contributed by atoms with van der Waals surface area (Å²) in [4.78, 5) is 12.3. The first-order valence-electron chi connectivity index (χ1n) is 7.42. The Hall–Kier alpha value is -2.45. The van der Waals surface area contributed by atoms with Crippen molar-refractivity contribution in [1.82, 2.24) is 24.7 Å². The van der Waals surface area contributed by atoms with Crippen molar-refractivity contribution in [2.45, 2.75) is 32.4 Å². The van der Waals surface area contributed by atoms with Crippen LogP contribution in [0.25, 0.3) is 11.0 Å². The molecule has 126 valence electrons. The fraction of sp³-hybridized carbons (Fsp3) is 0.333. The predicted molar refractivity (Wildman–Crippen MR) is 90.1 cm³/mol. The van der Waals surface area contributed by atoms with Crippen molar-refractivity contribution >= 4 is 28.5 Å². The number of rotatable bonds is 5. The SMILES string of the molecule is C[C@H](O)C[C@@H](C)n1nc(Oc2cc(Cl)ccn2)c2c(N)ncnc21. The highest BCUT2D eigenvalue weighted by molar-refractivity contribution is 6.30. The van der Waals surface area contributed by atoms with Crippen LogP contribution in [0.2, 0.25) is 5.02 Å². The zero-order valence-corrected chi connectivity index (χ0v) is 14.0. The van der Waals surface area contributed by atoms with Gasteiger partial charge in [-0.1, -0.05) is 11.6 Å². The van der Waals surface area contributed by atoms with Gasteiger partial charge in [0.05, 0.1) is 12.1 Å². The maximum Gasteiger partial charge on any atom is 0.253 e. The summed E-state index contributed by atoms with van der Waals surface area (Å²) in [5.74, 6) is 0.795. The van der Waals surface area contributed by atoms with Crippen molar-refractivity contribution in [3.05, 3.63) is 29.7 Å². The first-order valence-corrected chi connectivity index (χ1v) is 7.79. The number of ether oxygens (including phenoxy) is 1. The second-order valence-electron chi connectivity index (χ2n) is 5.56. The van der Waals surface area contributed by atoms with Crippen molar-refractivity contribution in [3.63, 3.8) is 0 Å². The van der Waals surface area contributed by atoms with Crippen LogP contribution < -0.4 is 10.5 Å². The largest absolute Gasteiger partial charge is 0.418 e. The molecule has 3 rings (SSSR count). The first kappa shape index (κ1) is 16.4. The van der Waals surface area contributed by atoms with Gasteiger partial charge in [-0.15, -0.1) is 5.10 Å². The minimum Gasteiger partial charge on any atom is -0.418 e. The molecule has 24 heavy (non-hydrogen) atoms. The van der Waals surface area contributed by atoms with E-state index < -0.39 is 6.10 Å². The third kappa shape index (κ3) is 3.24. The number of aliphatic hydroxyl groups is 1. The first-order chi connectivity index (χ1) is 11.5.